The van der Waals surface area contributed by atoms with Crippen LogP contribution in [0.5, 0.6) is 0 Å². The zero-order chi connectivity index (χ0) is 20.3. The molecule has 2 aromatic carbocycles. The number of aryl methyl sites for hydroxylation is 1. The number of hydrogen-bond acceptors (Lipinski definition) is 5. The summed E-state index contributed by atoms with van der Waals surface area (Å²) in [4.78, 5) is 43.8. The second kappa shape index (κ2) is 7.99. The van der Waals surface area contributed by atoms with Gasteiger partial charge in [-0.25, -0.2) is 4.98 Å². The van der Waals surface area contributed by atoms with Crippen molar-refractivity contribution in [2.24, 2.45) is 0 Å². The Labute approximate surface area is 161 Å². The molecule has 0 saturated carbocycles. The smallest absolute Gasteiger partial charge is 0.269 e. The standard InChI is InChI=1S/C20H20N4O4/c1-13(14-6-5-7-15(12-14)24(27)28)23(2)19(25)11-10-18-21-17-9-4-3-8-16(17)20(26)22-18/h3-9,12-13H,10-11H2,1-2H3,(H,21,22,26). The van der Waals surface area contributed by atoms with Crippen molar-refractivity contribution in [2.45, 2.75) is 25.8 Å². The largest absolute Gasteiger partial charge is 0.339 e. The van der Waals surface area contributed by atoms with Gasteiger partial charge in [0.25, 0.3) is 11.2 Å². The number of H-pyrrole nitrogens is 1. The Morgan fingerprint density at radius 2 is 2.00 bits per heavy atom. The summed E-state index contributed by atoms with van der Waals surface area (Å²) in [5.41, 5.74) is 1.03. The lowest BCUT2D eigenvalue weighted by atomic mass is 10.1. The highest BCUT2D eigenvalue weighted by atomic mass is 16.6. The summed E-state index contributed by atoms with van der Waals surface area (Å²) < 4.78 is 0. The molecule has 0 fully saturated rings. The number of nitro groups is 1. The summed E-state index contributed by atoms with van der Waals surface area (Å²) in [6, 6.07) is 12.9. The van der Waals surface area contributed by atoms with E-state index >= 15 is 0 Å². The van der Waals surface area contributed by atoms with E-state index in [9.17, 15) is 19.7 Å². The van der Waals surface area contributed by atoms with E-state index in [1.54, 1.807) is 43.4 Å². The maximum absolute atomic E-state index is 12.6. The minimum absolute atomic E-state index is 0.0110. The Morgan fingerprint density at radius 1 is 1.25 bits per heavy atom. The molecule has 0 spiro atoms. The van der Waals surface area contributed by atoms with Crippen molar-refractivity contribution in [1.29, 1.82) is 0 Å². The number of amides is 1. The molecule has 1 amide bonds. The molecule has 1 N–H and O–H groups in total. The highest BCUT2D eigenvalue weighted by Crippen LogP contribution is 2.23. The van der Waals surface area contributed by atoms with Crippen LogP contribution in [0.25, 0.3) is 10.9 Å². The number of aromatic nitrogens is 2. The minimum Gasteiger partial charge on any atom is -0.339 e. The van der Waals surface area contributed by atoms with Crippen LogP contribution in [0.2, 0.25) is 0 Å². The van der Waals surface area contributed by atoms with Crippen LogP contribution in [0.15, 0.2) is 53.3 Å². The molecule has 1 aromatic heterocycles. The fourth-order valence-electron chi connectivity index (χ4n) is 2.99. The second-order valence-corrected chi connectivity index (χ2v) is 6.56. The van der Waals surface area contributed by atoms with Crippen LogP contribution in [0, 0.1) is 10.1 Å². The van der Waals surface area contributed by atoms with Crippen molar-refractivity contribution in [3.05, 3.63) is 80.4 Å². The first kappa shape index (κ1) is 19.2. The number of hydrogen-bond donors (Lipinski definition) is 1. The average molecular weight is 380 g/mol. The van der Waals surface area contributed by atoms with Gasteiger partial charge in [0.15, 0.2) is 0 Å². The lowest BCUT2D eigenvalue weighted by Crippen LogP contribution is -2.30. The summed E-state index contributed by atoms with van der Waals surface area (Å²) in [5, 5.41) is 11.5. The third-order valence-electron chi connectivity index (χ3n) is 4.78. The van der Waals surface area contributed by atoms with Gasteiger partial charge in [0.1, 0.15) is 5.82 Å². The highest BCUT2D eigenvalue weighted by Gasteiger charge is 2.19. The SMILES string of the molecule is CC(c1cccc([N+](=O)[O-])c1)N(C)C(=O)CCc1nc2ccccc2c(=O)[nH]1. The Bertz CT molecular complexity index is 1090. The lowest BCUT2D eigenvalue weighted by molar-refractivity contribution is -0.384. The molecule has 0 radical (unpaired) electrons. The molecule has 0 aliphatic rings. The zero-order valence-corrected chi connectivity index (χ0v) is 15.6. The Morgan fingerprint density at radius 3 is 2.75 bits per heavy atom. The molecule has 1 heterocycles. The number of nitro benzene ring substituents is 1. The molecule has 1 atom stereocenters. The van der Waals surface area contributed by atoms with Gasteiger partial charge in [-0.2, -0.15) is 0 Å². The molecule has 0 aliphatic heterocycles. The molecule has 0 aliphatic carbocycles. The second-order valence-electron chi connectivity index (χ2n) is 6.56. The van der Waals surface area contributed by atoms with Crippen molar-refractivity contribution < 1.29 is 9.72 Å². The molecular formula is C20H20N4O4. The number of aromatic amines is 1. The monoisotopic (exact) mass is 380 g/mol. The average Bonchev–Trinajstić information content (AvgIpc) is 2.71. The van der Waals surface area contributed by atoms with Gasteiger partial charge in [0, 0.05) is 32.0 Å². The van der Waals surface area contributed by atoms with Gasteiger partial charge >= 0.3 is 0 Å². The van der Waals surface area contributed by atoms with Gasteiger partial charge in [-0.1, -0.05) is 24.3 Å². The van der Waals surface area contributed by atoms with Crippen molar-refractivity contribution in [3.8, 4) is 0 Å². The quantitative estimate of drug-likeness (QED) is 0.522. The number of non-ortho nitro benzene ring substituents is 1. The number of carbonyl (C=O) groups is 1. The molecular weight excluding hydrogens is 360 g/mol. The third kappa shape index (κ3) is 4.06. The molecule has 0 saturated heterocycles. The topological polar surface area (TPSA) is 109 Å². The van der Waals surface area contributed by atoms with Crippen LogP contribution in [-0.4, -0.2) is 32.7 Å². The van der Waals surface area contributed by atoms with Crippen LogP contribution in [-0.2, 0) is 11.2 Å². The van der Waals surface area contributed by atoms with Crippen molar-refractivity contribution >= 4 is 22.5 Å². The van der Waals surface area contributed by atoms with Gasteiger partial charge in [0.2, 0.25) is 5.91 Å². The van der Waals surface area contributed by atoms with E-state index in [1.165, 1.54) is 17.0 Å². The van der Waals surface area contributed by atoms with E-state index in [4.69, 9.17) is 0 Å². The Balaban J connectivity index is 1.70. The first-order valence-corrected chi connectivity index (χ1v) is 8.85. The minimum atomic E-state index is -0.459. The van der Waals surface area contributed by atoms with Crippen molar-refractivity contribution in [1.82, 2.24) is 14.9 Å². The number of para-hydroxylation sites is 1. The number of carbonyl (C=O) groups excluding carboxylic acids is 1. The number of fused-ring (bicyclic) bond motifs is 1. The number of rotatable bonds is 6. The van der Waals surface area contributed by atoms with E-state index in [0.29, 0.717) is 28.7 Å². The maximum atomic E-state index is 12.6. The van der Waals surface area contributed by atoms with Crippen molar-refractivity contribution in [2.75, 3.05) is 7.05 Å². The highest BCUT2D eigenvalue weighted by molar-refractivity contribution is 5.78. The van der Waals surface area contributed by atoms with Gasteiger partial charge < -0.3 is 9.88 Å². The predicted molar refractivity (Wildman–Crippen MR) is 105 cm³/mol. The zero-order valence-electron chi connectivity index (χ0n) is 15.6. The number of nitrogens with one attached hydrogen (secondary N) is 1. The first-order chi connectivity index (χ1) is 13.4. The van der Waals surface area contributed by atoms with E-state index < -0.39 is 4.92 Å². The summed E-state index contributed by atoms with van der Waals surface area (Å²) >= 11 is 0. The van der Waals surface area contributed by atoms with E-state index in [1.807, 2.05) is 6.92 Å². The van der Waals surface area contributed by atoms with Crippen molar-refractivity contribution in [3.63, 3.8) is 0 Å². The third-order valence-corrected chi connectivity index (χ3v) is 4.78. The number of nitrogens with zero attached hydrogens (tertiary/aromatic N) is 3. The van der Waals surface area contributed by atoms with Gasteiger partial charge in [-0.15, -0.1) is 0 Å². The van der Waals surface area contributed by atoms with E-state index in [0.717, 1.165) is 0 Å². The van der Waals surface area contributed by atoms with Gasteiger partial charge in [0.05, 0.1) is 21.9 Å². The first-order valence-electron chi connectivity index (χ1n) is 8.85. The number of benzene rings is 2. The van der Waals surface area contributed by atoms with Crippen LogP contribution in [0.4, 0.5) is 5.69 Å². The van der Waals surface area contributed by atoms with Crippen LogP contribution in [0.1, 0.15) is 30.8 Å². The van der Waals surface area contributed by atoms with E-state index in [-0.39, 0.29) is 29.6 Å². The van der Waals surface area contributed by atoms with Gasteiger partial charge in [-0.05, 0) is 24.6 Å². The van der Waals surface area contributed by atoms with Gasteiger partial charge in [-0.3, -0.25) is 19.7 Å². The molecule has 0 bridgehead atoms. The summed E-state index contributed by atoms with van der Waals surface area (Å²) in [6.45, 7) is 1.81. The Hall–Kier alpha value is -3.55. The van der Waals surface area contributed by atoms with Crippen LogP contribution >= 0.6 is 0 Å². The fourth-order valence-corrected chi connectivity index (χ4v) is 2.99. The molecule has 8 nitrogen and oxygen atoms in total. The molecule has 144 valence electrons. The maximum Gasteiger partial charge on any atom is 0.269 e. The van der Waals surface area contributed by atoms with Crippen LogP contribution in [0.3, 0.4) is 0 Å². The molecule has 28 heavy (non-hydrogen) atoms. The molecule has 3 rings (SSSR count). The summed E-state index contributed by atoms with van der Waals surface area (Å²) in [7, 11) is 1.66. The molecule has 1 unspecified atom stereocenters. The lowest BCUT2D eigenvalue weighted by Gasteiger charge is -2.25. The predicted octanol–water partition coefficient (Wildman–Crippen LogP) is 2.98. The summed E-state index contributed by atoms with van der Waals surface area (Å²) in [6.07, 6.45) is 0.460. The van der Waals surface area contributed by atoms with Crippen LogP contribution < -0.4 is 5.56 Å². The Kier molecular flexibility index (Phi) is 5.49. The molecule has 3 aromatic rings. The normalized spacial score (nSPS) is 11.9. The molecule has 8 heteroatoms. The summed E-state index contributed by atoms with van der Waals surface area (Å²) in [5.74, 6) is 0.309. The fraction of sp³-hybridized carbons (Fsp3) is 0.250. The van der Waals surface area contributed by atoms with E-state index in [2.05, 4.69) is 9.97 Å².